The fourth-order valence-electron chi connectivity index (χ4n) is 0.849. The van der Waals surface area contributed by atoms with Crippen LogP contribution in [0.5, 0.6) is 0 Å². The summed E-state index contributed by atoms with van der Waals surface area (Å²) in [6, 6.07) is 0. The van der Waals surface area contributed by atoms with Gasteiger partial charge in [-0.2, -0.15) is 0 Å². The van der Waals surface area contributed by atoms with E-state index in [1.165, 1.54) is 0 Å². The van der Waals surface area contributed by atoms with Crippen LogP contribution < -0.4 is 0 Å². The Labute approximate surface area is 70.8 Å². The van der Waals surface area contributed by atoms with Crippen molar-refractivity contribution in [2.45, 2.75) is 32.3 Å². The standard InChI is InChI=1S/C5H8O2.C3H4O2/c1-4-2-3-5(6)7-4;4-3-1-2-5-3/h4H,2-3H2,1H3;1-2H2. The van der Waals surface area contributed by atoms with Gasteiger partial charge in [-0.25, -0.2) is 0 Å². The van der Waals surface area contributed by atoms with Crippen LogP contribution in [0.25, 0.3) is 0 Å². The van der Waals surface area contributed by atoms with Gasteiger partial charge in [0.05, 0.1) is 12.5 Å². The van der Waals surface area contributed by atoms with Crippen LogP contribution in [0.15, 0.2) is 0 Å². The second-order valence-corrected chi connectivity index (χ2v) is 2.81. The molecule has 2 aliphatic rings. The summed E-state index contributed by atoms with van der Waals surface area (Å²) in [5.41, 5.74) is 0. The van der Waals surface area contributed by atoms with Gasteiger partial charge in [-0.15, -0.1) is 0 Å². The Morgan fingerprint density at radius 3 is 1.92 bits per heavy atom. The van der Waals surface area contributed by atoms with Gasteiger partial charge in [-0.3, -0.25) is 9.59 Å². The highest BCUT2D eigenvalue weighted by Crippen LogP contribution is 2.11. The van der Waals surface area contributed by atoms with Crippen molar-refractivity contribution in [1.82, 2.24) is 0 Å². The molecule has 68 valence electrons. The summed E-state index contributed by atoms with van der Waals surface area (Å²) in [5, 5.41) is 0. The van der Waals surface area contributed by atoms with Crippen molar-refractivity contribution in [1.29, 1.82) is 0 Å². The lowest BCUT2D eigenvalue weighted by Gasteiger charge is -2.09. The van der Waals surface area contributed by atoms with Gasteiger partial charge in [0.2, 0.25) is 0 Å². The molecule has 12 heavy (non-hydrogen) atoms. The molecule has 0 aliphatic carbocycles. The minimum atomic E-state index is -0.0648. The van der Waals surface area contributed by atoms with Crippen molar-refractivity contribution in [3.63, 3.8) is 0 Å². The fraction of sp³-hybridized carbons (Fsp3) is 0.750. The molecule has 1 atom stereocenters. The number of rotatable bonds is 0. The molecule has 0 aromatic heterocycles. The number of esters is 2. The summed E-state index contributed by atoms with van der Waals surface area (Å²) in [6.07, 6.45) is 2.31. The predicted molar refractivity (Wildman–Crippen MR) is 40.4 cm³/mol. The normalized spacial score (nSPS) is 26.2. The van der Waals surface area contributed by atoms with Crippen molar-refractivity contribution in [3.8, 4) is 0 Å². The Kier molecular flexibility index (Phi) is 3.08. The summed E-state index contributed by atoms with van der Waals surface area (Å²) in [4.78, 5) is 19.9. The molecule has 2 heterocycles. The Morgan fingerprint density at radius 2 is 1.83 bits per heavy atom. The number of ether oxygens (including phenoxy) is 2. The molecule has 2 aliphatic heterocycles. The van der Waals surface area contributed by atoms with Gasteiger partial charge in [-0.05, 0) is 13.3 Å². The third-order valence-corrected chi connectivity index (χ3v) is 1.66. The minimum Gasteiger partial charge on any atom is -0.465 e. The summed E-state index contributed by atoms with van der Waals surface area (Å²) >= 11 is 0. The lowest BCUT2D eigenvalue weighted by atomic mass is 10.3. The second kappa shape index (κ2) is 4.09. The first-order valence-electron chi connectivity index (χ1n) is 4.03. The maximum Gasteiger partial charge on any atom is 0.309 e. The van der Waals surface area contributed by atoms with Crippen molar-refractivity contribution < 1.29 is 19.1 Å². The maximum atomic E-state index is 10.2. The predicted octanol–water partition coefficient (Wildman–Crippen LogP) is 0.645. The first-order valence-corrected chi connectivity index (χ1v) is 4.03. The van der Waals surface area contributed by atoms with Gasteiger partial charge in [0, 0.05) is 6.42 Å². The highest BCUT2D eigenvalue weighted by molar-refractivity contribution is 5.73. The van der Waals surface area contributed by atoms with Crippen LogP contribution in [0.4, 0.5) is 0 Å². The molecule has 4 nitrogen and oxygen atoms in total. The van der Waals surface area contributed by atoms with Gasteiger partial charge in [0.1, 0.15) is 6.61 Å². The van der Waals surface area contributed by atoms with Gasteiger partial charge < -0.3 is 9.47 Å². The first-order chi connectivity index (χ1) is 5.68. The third kappa shape index (κ3) is 2.90. The molecule has 0 radical (unpaired) electrons. The average molecular weight is 172 g/mol. The summed E-state index contributed by atoms with van der Waals surface area (Å²) in [5.74, 6) is -0.113. The molecule has 2 fully saturated rings. The largest absolute Gasteiger partial charge is 0.465 e. The molecule has 2 rings (SSSR count). The van der Waals surface area contributed by atoms with Crippen molar-refractivity contribution in [2.24, 2.45) is 0 Å². The molecule has 0 saturated carbocycles. The molecule has 0 aromatic carbocycles. The van der Waals surface area contributed by atoms with Crippen molar-refractivity contribution >= 4 is 11.9 Å². The lowest BCUT2D eigenvalue weighted by molar-refractivity contribution is -0.157. The van der Waals surface area contributed by atoms with Gasteiger partial charge >= 0.3 is 11.9 Å². The highest BCUT2D eigenvalue weighted by Gasteiger charge is 2.17. The maximum absolute atomic E-state index is 10.2. The van der Waals surface area contributed by atoms with E-state index in [-0.39, 0.29) is 18.0 Å². The molecule has 1 unspecified atom stereocenters. The van der Waals surface area contributed by atoms with Crippen LogP contribution in [0.3, 0.4) is 0 Å². The van der Waals surface area contributed by atoms with E-state index in [1.807, 2.05) is 6.92 Å². The molecule has 0 bridgehead atoms. The van der Waals surface area contributed by atoms with Gasteiger partial charge in [0.25, 0.3) is 0 Å². The summed E-state index contributed by atoms with van der Waals surface area (Å²) in [7, 11) is 0. The number of carbonyl (C=O) groups is 2. The molecule has 0 N–H and O–H groups in total. The molecular formula is C8H12O4. The van der Waals surface area contributed by atoms with E-state index in [1.54, 1.807) is 0 Å². The minimum absolute atomic E-state index is 0.0486. The third-order valence-electron chi connectivity index (χ3n) is 1.66. The van der Waals surface area contributed by atoms with E-state index in [0.29, 0.717) is 19.4 Å². The molecule has 0 amide bonds. The smallest absolute Gasteiger partial charge is 0.309 e. The fourth-order valence-corrected chi connectivity index (χ4v) is 0.849. The van der Waals surface area contributed by atoms with E-state index < -0.39 is 0 Å². The van der Waals surface area contributed by atoms with Crippen molar-refractivity contribution in [3.05, 3.63) is 0 Å². The highest BCUT2D eigenvalue weighted by atomic mass is 16.6. The van der Waals surface area contributed by atoms with Crippen LogP contribution in [0.2, 0.25) is 0 Å². The molecule has 0 aromatic rings. The Morgan fingerprint density at radius 1 is 1.25 bits per heavy atom. The van der Waals surface area contributed by atoms with E-state index in [4.69, 9.17) is 4.74 Å². The van der Waals surface area contributed by atoms with E-state index in [0.717, 1.165) is 6.42 Å². The lowest BCUT2D eigenvalue weighted by Crippen LogP contribution is -2.18. The van der Waals surface area contributed by atoms with Crippen LogP contribution in [-0.2, 0) is 19.1 Å². The number of cyclic esters (lactones) is 2. The molecule has 4 heteroatoms. The SMILES string of the molecule is CC1CCC(=O)O1.O=C1CCO1. The van der Waals surface area contributed by atoms with Crippen LogP contribution in [0.1, 0.15) is 26.2 Å². The number of hydrogen-bond donors (Lipinski definition) is 0. The quantitative estimate of drug-likeness (QED) is 0.503. The molecule has 0 spiro atoms. The zero-order valence-electron chi connectivity index (χ0n) is 7.04. The number of hydrogen-bond acceptors (Lipinski definition) is 4. The van der Waals surface area contributed by atoms with E-state index in [2.05, 4.69) is 4.74 Å². The van der Waals surface area contributed by atoms with E-state index in [9.17, 15) is 9.59 Å². The molecular weight excluding hydrogens is 160 g/mol. The summed E-state index contributed by atoms with van der Waals surface area (Å²) < 4.78 is 9.01. The zero-order chi connectivity index (χ0) is 8.97. The van der Waals surface area contributed by atoms with Gasteiger partial charge in [-0.1, -0.05) is 0 Å². The summed E-state index contributed by atoms with van der Waals surface area (Å²) in [6.45, 7) is 2.55. The number of carbonyl (C=O) groups excluding carboxylic acids is 2. The van der Waals surface area contributed by atoms with Gasteiger partial charge in [0.15, 0.2) is 0 Å². The Bertz CT molecular complexity index is 181. The Hall–Kier alpha value is -1.06. The van der Waals surface area contributed by atoms with Crippen molar-refractivity contribution in [2.75, 3.05) is 6.61 Å². The second-order valence-electron chi connectivity index (χ2n) is 2.81. The first kappa shape index (κ1) is 9.03. The van der Waals surface area contributed by atoms with Crippen LogP contribution >= 0.6 is 0 Å². The zero-order valence-corrected chi connectivity index (χ0v) is 7.04. The Balaban J connectivity index is 0.000000127. The van der Waals surface area contributed by atoms with Crippen LogP contribution in [-0.4, -0.2) is 24.6 Å². The monoisotopic (exact) mass is 172 g/mol. The molecule has 2 saturated heterocycles. The van der Waals surface area contributed by atoms with E-state index >= 15 is 0 Å². The topological polar surface area (TPSA) is 52.6 Å². The average Bonchev–Trinajstić information content (AvgIpc) is 2.32. The van der Waals surface area contributed by atoms with Crippen LogP contribution in [0, 0.1) is 0 Å².